The highest BCUT2D eigenvalue weighted by atomic mass is 35.5. The molecule has 0 aliphatic carbocycles. The van der Waals surface area contributed by atoms with Crippen LogP contribution in [-0.2, 0) is 10.0 Å². The third kappa shape index (κ3) is 3.73. The highest BCUT2D eigenvalue weighted by molar-refractivity contribution is 7.89. The first-order valence-electron chi connectivity index (χ1n) is 8.80. The van der Waals surface area contributed by atoms with E-state index in [4.69, 9.17) is 34.8 Å². The molecule has 0 spiro atoms. The number of nitrogens with zero attached hydrogens (tertiary/aromatic N) is 2. The van der Waals surface area contributed by atoms with E-state index in [-0.39, 0.29) is 47.0 Å². The molecule has 0 atom stereocenters. The van der Waals surface area contributed by atoms with Crippen molar-refractivity contribution in [2.45, 2.75) is 4.90 Å². The van der Waals surface area contributed by atoms with Crippen molar-refractivity contribution in [1.29, 1.82) is 0 Å². The monoisotopic (exact) mass is 471 g/mol. The largest absolute Gasteiger partial charge is 0.349 e. The predicted molar refractivity (Wildman–Crippen MR) is 114 cm³/mol. The Balaban J connectivity index is 1.50. The van der Waals surface area contributed by atoms with Crippen molar-refractivity contribution in [3.8, 4) is 0 Å². The summed E-state index contributed by atoms with van der Waals surface area (Å²) in [7, 11) is -3.73. The van der Waals surface area contributed by atoms with Crippen LogP contribution in [0.3, 0.4) is 0 Å². The SMILES string of the molecule is O=C(c1[nH]c2ccccc2c1Cl)N1CCN(S(=O)(=O)c2ccc(Cl)c(Cl)c2)CC1. The molecule has 3 aromatic rings. The number of carbonyl (C=O) groups excluding carboxylic acids is 1. The van der Waals surface area contributed by atoms with Crippen LogP contribution in [0.2, 0.25) is 15.1 Å². The second kappa shape index (κ2) is 7.81. The van der Waals surface area contributed by atoms with Crippen LogP contribution in [0.15, 0.2) is 47.4 Å². The van der Waals surface area contributed by atoms with E-state index in [0.29, 0.717) is 10.7 Å². The van der Waals surface area contributed by atoms with E-state index < -0.39 is 10.0 Å². The molecule has 10 heteroatoms. The van der Waals surface area contributed by atoms with Gasteiger partial charge in [0.05, 0.1) is 20.0 Å². The van der Waals surface area contributed by atoms with E-state index in [0.717, 1.165) is 10.9 Å². The molecule has 6 nitrogen and oxygen atoms in total. The molecule has 4 rings (SSSR count). The molecule has 0 radical (unpaired) electrons. The smallest absolute Gasteiger partial charge is 0.271 e. The average Bonchev–Trinajstić information content (AvgIpc) is 3.06. The summed E-state index contributed by atoms with van der Waals surface area (Å²) in [6.07, 6.45) is 0. The van der Waals surface area contributed by atoms with E-state index in [1.807, 2.05) is 24.3 Å². The first-order valence-corrected chi connectivity index (χ1v) is 11.4. The Morgan fingerprint density at radius 1 is 0.931 bits per heavy atom. The minimum absolute atomic E-state index is 0.0744. The molecule has 1 aromatic heterocycles. The molecule has 2 aromatic carbocycles. The molecular formula is C19H16Cl3N3O3S. The lowest BCUT2D eigenvalue weighted by Crippen LogP contribution is -2.50. The number of para-hydroxylation sites is 1. The highest BCUT2D eigenvalue weighted by Gasteiger charge is 2.32. The van der Waals surface area contributed by atoms with Crippen LogP contribution in [0.5, 0.6) is 0 Å². The van der Waals surface area contributed by atoms with Gasteiger partial charge in [0, 0.05) is 37.1 Å². The number of halogens is 3. The van der Waals surface area contributed by atoms with Gasteiger partial charge in [-0.1, -0.05) is 53.0 Å². The summed E-state index contributed by atoms with van der Waals surface area (Å²) in [5.41, 5.74) is 1.09. The molecular weight excluding hydrogens is 457 g/mol. The Morgan fingerprint density at radius 3 is 2.28 bits per heavy atom. The first kappa shape index (κ1) is 20.5. The quantitative estimate of drug-likeness (QED) is 0.618. The van der Waals surface area contributed by atoms with Gasteiger partial charge in [-0.2, -0.15) is 4.31 Å². The van der Waals surface area contributed by atoms with Crippen molar-refractivity contribution in [3.63, 3.8) is 0 Å². The number of rotatable bonds is 3. The van der Waals surface area contributed by atoms with E-state index in [9.17, 15) is 13.2 Å². The van der Waals surface area contributed by atoms with Crippen LogP contribution in [0.25, 0.3) is 10.9 Å². The molecule has 2 heterocycles. The number of aromatic nitrogens is 1. The van der Waals surface area contributed by atoms with E-state index >= 15 is 0 Å². The molecule has 1 aliphatic rings. The lowest BCUT2D eigenvalue weighted by atomic mass is 10.2. The van der Waals surface area contributed by atoms with Crippen molar-refractivity contribution in [1.82, 2.24) is 14.2 Å². The van der Waals surface area contributed by atoms with Gasteiger partial charge in [-0.3, -0.25) is 4.79 Å². The van der Waals surface area contributed by atoms with Gasteiger partial charge in [0.15, 0.2) is 0 Å². The average molecular weight is 473 g/mol. The molecule has 1 amide bonds. The number of aromatic amines is 1. The van der Waals surface area contributed by atoms with E-state index in [1.165, 1.54) is 22.5 Å². The highest BCUT2D eigenvalue weighted by Crippen LogP contribution is 2.29. The third-order valence-corrected chi connectivity index (χ3v) is 7.94. The molecule has 0 unspecified atom stereocenters. The maximum Gasteiger partial charge on any atom is 0.271 e. The molecule has 1 fully saturated rings. The fourth-order valence-corrected chi connectivity index (χ4v) is 5.44. The lowest BCUT2D eigenvalue weighted by Gasteiger charge is -2.33. The van der Waals surface area contributed by atoms with E-state index in [2.05, 4.69) is 4.98 Å². The summed E-state index contributed by atoms with van der Waals surface area (Å²) in [5, 5.41) is 1.61. The zero-order valence-electron chi connectivity index (χ0n) is 15.0. The van der Waals surface area contributed by atoms with Gasteiger partial charge < -0.3 is 9.88 Å². The summed E-state index contributed by atoms with van der Waals surface area (Å²) in [6, 6.07) is 11.6. The number of benzene rings is 2. The number of hydrogen-bond acceptors (Lipinski definition) is 3. The normalized spacial score (nSPS) is 15.8. The maximum atomic E-state index is 12.9. The number of piperazine rings is 1. The van der Waals surface area contributed by atoms with Crippen molar-refractivity contribution in [2.75, 3.05) is 26.2 Å². The van der Waals surface area contributed by atoms with Gasteiger partial charge in [-0.15, -0.1) is 0 Å². The molecule has 152 valence electrons. The van der Waals surface area contributed by atoms with E-state index in [1.54, 1.807) is 4.90 Å². The van der Waals surface area contributed by atoms with Crippen LogP contribution in [-0.4, -0.2) is 54.7 Å². The fourth-order valence-electron chi connectivity index (χ4n) is 3.33. The number of nitrogens with one attached hydrogen (secondary N) is 1. The van der Waals surface area contributed by atoms with Gasteiger partial charge >= 0.3 is 0 Å². The van der Waals surface area contributed by atoms with Crippen LogP contribution in [0.1, 0.15) is 10.5 Å². The number of sulfonamides is 1. The summed E-state index contributed by atoms with van der Waals surface area (Å²) in [4.78, 5) is 17.6. The van der Waals surface area contributed by atoms with Crippen LogP contribution >= 0.6 is 34.8 Å². The summed E-state index contributed by atoms with van der Waals surface area (Å²) >= 11 is 18.2. The minimum Gasteiger partial charge on any atom is -0.349 e. The standard InChI is InChI=1S/C19H16Cl3N3O3S/c20-14-6-5-12(11-15(14)21)29(27,28)25-9-7-24(8-10-25)19(26)18-17(22)13-3-1-2-4-16(13)23-18/h1-6,11,23H,7-10H2. The Kier molecular flexibility index (Phi) is 5.52. The number of carbonyl (C=O) groups is 1. The van der Waals surface area contributed by atoms with Crippen molar-refractivity contribution >= 4 is 61.6 Å². The first-order chi connectivity index (χ1) is 13.8. The zero-order chi connectivity index (χ0) is 20.8. The van der Waals surface area contributed by atoms with Crippen LogP contribution in [0.4, 0.5) is 0 Å². The Labute approximate surface area is 183 Å². The summed E-state index contributed by atoms with van der Waals surface area (Å²) in [6.45, 7) is 0.856. The van der Waals surface area contributed by atoms with Gasteiger partial charge in [0.25, 0.3) is 5.91 Å². The maximum absolute atomic E-state index is 12.9. The fraction of sp³-hybridized carbons (Fsp3) is 0.211. The van der Waals surface area contributed by atoms with Crippen LogP contribution in [0, 0.1) is 0 Å². The van der Waals surface area contributed by atoms with Gasteiger partial charge in [0.2, 0.25) is 10.0 Å². The summed E-state index contributed by atoms with van der Waals surface area (Å²) in [5.74, 6) is -0.252. The van der Waals surface area contributed by atoms with Gasteiger partial charge in [-0.25, -0.2) is 8.42 Å². The van der Waals surface area contributed by atoms with Crippen molar-refractivity contribution in [2.24, 2.45) is 0 Å². The predicted octanol–water partition coefficient (Wildman–Crippen LogP) is 4.27. The van der Waals surface area contributed by atoms with Gasteiger partial charge in [0.1, 0.15) is 5.69 Å². The molecule has 0 saturated carbocycles. The van der Waals surface area contributed by atoms with Crippen molar-refractivity contribution in [3.05, 3.63) is 63.2 Å². The molecule has 1 N–H and O–H groups in total. The molecule has 0 bridgehead atoms. The number of H-pyrrole nitrogens is 1. The van der Waals surface area contributed by atoms with Crippen molar-refractivity contribution < 1.29 is 13.2 Å². The second-order valence-electron chi connectivity index (χ2n) is 6.63. The van der Waals surface area contributed by atoms with Gasteiger partial charge in [-0.05, 0) is 24.3 Å². The third-order valence-electron chi connectivity index (χ3n) is 4.91. The molecule has 29 heavy (non-hydrogen) atoms. The lowest BCUT2D eigenvalue weighted by molar-refractivity contribution is 0.0693. The Morgan fingerprint density at radius 2 is 1.62 bits per heavy atom. The molecule has 1 aliphatic heterocycles. The topological polar surface area (TPSA) is 73.5 Å². The summed E-state index contributed by atoms with van der Waals surface area (Å²) < 4.78 is 27.1. The second-order valence-corrected chi connectivity index (χ2v) is 9.76. The zero-order valence-corrected chi connectivity index (χ0v) is 18.1. The number of amides is 1. The number of fused-ring (bicyclic) bond motifs is 1. The Hall–Kier alpha value is -1.77. The Bertz CT molecular complexity index is 1200. The number of hydrogen-bond donors (Lipinski definition) is 1. The minimum atomic E-state index is -3.73. The molecule has 1 saturated heterocycles. The van der Waals surface area contributed by atoms with Crippen LogP contribution < -0.4 is 0 Å².